The highest BCUT2D eigenvalue weighted by molar-refractivity contribution is 5.76. The summed E-state index contributed by atoms with van der Waals surface area (Å²) in [5.74, 6) is -0.240. The summed E-state index contributed by atoms with van der Waals surface area (Å²) in [5, 5.41) is 87.6. The van der Waals surface area contributed by atoms with E-state index in [0.717, 1.165) is 32.1 Å². The Labute approximate surface area is 558 Å². The van der Waals surface area contributed by atoms with Gasteiger partial charge in [0.25, 0.3) is 0 Å². The predicted molar refractivity (Wildman–Crippen MR) is 374 cm³/mol. The second kappa shape index (κ2) is 62.0. The van der Waals surface area contributed by atoms with Crippen molar-refractivity contribution in [2.75, 3.05) is 19.8 Å². The minimum absolute atomic E-state index is 0.240. The number of rotatable bonds is 66. The molecule has 9 N–H and O–H groups in total. The molecule has 0 spiro atoms. The van der Waals surface area contributed by atoms with Crippen LogP contribution >= 0.6 is 0 Å². The number of carbonyl (C=O) groups excluding carboxylic acids is 1. The first-order chi connectivity index (χ1) is 44.6. The van der Waals surface area contributed by atoms with Gasteiger partial charge in [-0.05, 0) is 32.1 Å². The Morgan fingerprint density at radius 1 is 0.385 bits per heavy atom. The third-order valence-corrected chi connectivity index (χ3v) is 19.4. The molecule has 0 saturated carbocycles. The van der Waals surface area contributed by atoms with Crippen molar-refractivity contribution in [2.45, 2.75) is 441 Å². The van der Waals surface area contributed by atoms with Crippen LogP contribution in [0, 0.1) is 0 Å². The zero-order chi connectivity index (χ0) is 65.9. The maximum Gasteiger partial charge on any atom is 0.220 e. The Kier molecular flexibility index (Phi) is 58.3. The van der Waals surface area contributed by atoms with Gasteiger partial charge in [-0.2, -0.15) is 0 Å². The van der Waals surface area contributed by atoms with Crippen molar-refractivity contribution in [3.63, 3.8) is 0 Å². The number of carbonyl (C=O) groups is 1. The number of hydrogen-bond donors (Lipinski definition) is 9. The van der Waals surface area contributed by atoms with E-state index >= 15 is 0 Å². The monoisotopic (exact) mass is 1290 g/mol. The maximum absolute atomic E-state index is 13.4. The first-order valence-electron chi connectivity index (χ1n) is 39.1. The van der Waals surface area contributed by atoms with Crippen LogP contribution in [0.2, 0.25) is 0 Å². The van der Waals surface area contributed by atoms with E-state index in [0.29, 0.717) is 12.8 Å². The maximum atomic E-state index is 13.4. The molecule has 0 aliphatic carbocycles. The van der Waals surface area contributed by atoms with Gasteiger partial charge in [0.1, 0.15) is 48.8 Å². The average molecular weight is 1300 g/mol. The van der Waals surface area contributed by atoms with Crippen molar-refractivity contribution in [2.24, 2.45) is 0 Å². The van der Waals surface area contributed by atoms with E-state index in [9.17, 15) is 45.6 Å². The van der Waals surface area contributed by atoms with Crippen LogP contribution in [0.3, 0.4) is 0 Å². The molecule has 91 heavy (non-hydrogen) atoms. The van der Waals surface area contributed by atoms with Crippen molar-refractivity contribution in [3.05, 3.63) is 24.3 Å². The lowest BCUT2D eigenvalue weighted by Gasteiger charge is -2.46. The van der Waals surface area contributed by atoms with Crippen molar-refractivity contribution >= 4 is 5.91 Å². The second-order valence-electron chi connectivity index (χ2n) is 27.8. The molecule has 538 valence electrons. The van der Waals surface area contributed by atoms with Crippen molar-refractivity contribution in [1.82, 2.24) is 5.32 Å². The van der Waals surface area contributed by atoms with Crippen LogP contribution in [0.4, 0.5) is 0 Å². The van der Waals surface area contributed by atoms with Gasteiger partial charge in [0, 0.05) is 6.42 Å². The Balaban J connectivity index is 1.64. The SMILES string of the molecule is CCCCCCCCCCCCCCCCCCCCCCCCC/C=C/CC/C=C/C(O)C(COC1OC(CO)C(OC2OC(CO)C(O)C(O)C2O)C(O)C1O)NC(=O)CCCCCCCCCCCCCCCCCCCCCCCCCCCCCC. The lowest BCUT2D eigenvalue weighted by Crippen LogP contribution is -2.65. The standard InChI is InChI=1S/C77H147NO13/c1-3-5-7-9-11-13-15-17-19-21-23-25-27-29-31-33-34-36-38-40-42-44-46-48-50-52-54-56-58-60-66(81)65(64-88-76-74(87)72(85)75(68(63-80)90-76)91-77-73(86)71(84)70(83)67(62-79)89-77)78-69(82)61-59-57-55-53-51-49-47-45-43-41-39-37-35-32-30-28-26-24-22-20-18-16-14-12-10-8-6-4-2/h50,52,58,60,65-68,70-77,79-81,83-87H,3-49,51,53-57,59,61-64H2,1-2H3,(H,78,82)/b52-50+,60-58+. The molecule has 0 bridgehead atoms. The average Bonchev–Trinajstić information content (AvgIpc) is 1.03. The third kappa shape index (κ3) is 45.6. The van der Waals surface area contributed by atoms with Gasteiger partial charge in [0.15, 0.2) is 12.6 Å². The van der Waals surface area contributed by atoms with Crippen LogP contribution in [0.15, 0.2) is 24.3 Å². The van der Waals surface area contributed by atoms with Gasteiger partial charge in [-0.25, -0.2) is 0 Å². The molecule has 14 nitrogen and oxygen atoms in total. The lowest BCUT2D eigenvalue weighted by molar-refractivity contribution is -0.359. The van der Waals surface area contributed by atoms with Crippen LogP contribution in [0.5, 0.6) is 0 Å². The summed E-state index contributed by atoms with van der Waals surface area (Å²) in [5.41, 5.74) is 0. The molecule has 2 aliphatic heterocycles. The minimum atomic E-state index is -1.79. The summed E-state index contributed by atoms with van der Waals surface area (Å²) in [4.78, 5) is 13.4. The summed E-state index contributed by atoms with van der Waals surface area (Å²) in [6.45, 7) is 2.85. The quantitative estimate of drug-likeness (QED) is 0.0204. The Bertz CT molecular complexity index is 1620. The highest BCUT2D eigenvalue weighted by Gasteiger charge is 2.51. The fourth-order valence-electron chi connectivity index (χ4n) is 13.2. The molecule has 2 rings (SSSR count). The minimum Gasteiger partial charge on any atom is -0.394 e. The molecule has 12 unspecified atom stereocenters. The summed E-state index contributed by atoms with van der Waals surface area (Å²) in [6.07, 6.45) is 62.6. The molecule has 2 heterocycles. The van der Waals surface area contributed by atoms with E-state index in [-0.39, 0.29) is 18.9 Å². The van der Waals surface area contributed by atoms with Gasteiger partial charge in [0.05, 0.1) is 32.0 Å². The van der Waals surface area contributed by atoms with Crippen LogP contribution in [-0.2, 0) is 23.7 Å². The molecule has 12 atom stereocenters. The van der Waals surface area contributed by atoms with Crippen LogP contribution in [0.25, 0.3) is 0 Å². The van der Waals surface area contributed by atoms with E-state index in [4.69, 9.17) is 18.9 Å². The molecule has 0 aromatic carbocycles. The molecule has 2 saturated heterocycles. The molecule has 0 radical (unpaired) electrons. The van der Waals surface area contributed by atoms with Crippen molar-refractivity contribution < 1.29 is 64.6 Å². The van der Waals surface area contributed by atoms with Gasteiger partial charge in [-0.3, -0.25) is 4.79 Å². The number of nitrogens with one attached hydrogen (secondary N) is 1. The fourth-order valence-corrected chi connectivity index (χ4v) is 13.2. The van der Waals surface area contributed by atoms with E-state index in [1.807, 2.05) is 6.08 Å². The molecule has 0 aromatic rings. The number of unbranched alkanes of at least 4 members (excludes halogenated alkanes) is 51. The molecule has 14 heteroatoms. The zero-order valence-electron chi connectivity index (χ0n) is 58.9. The molecule has 2 fully saturated rings. The number of aliphatic hydroxyl groups excluding tert-OH is 8. The smallest absolute Gasteiger partial charge is 0.220 e. The molecule has 0 aromatic heterocycles. The van der Waals surface area contributed by atoms with Crippen LogP contribution < -0.4 is 5.32 Å². The van der Waals surface area contributed by atoms with Crippen LogP contribution in [0.1, 0.15) is 367 Å². The van der Waals surface area contributed by atoms with Crippen molar-refractivity contribution in [1.29, 1.82) is 0 Å². The van der Waals surface area contributed by atoms with Gasteiger partial charge in [0.2, 0.25) is 5.91 Å². The molecule has 2 aliphatic rings. The Hall–Kier alpha value is -1.53. The number of amides is 1. The topological polar surface area (TPSA) is 228 Å². The zero-order valence-corrected chi connectivity index (χ0v) is 58.9. The lowest BCUT2D eigenvalue weighted by atomic mass is 9.97. The Morgan fingerprint density at radius 3 is 1.08 bits per heavy atom. The number of hydrogen-bond acceptors (Lipinski definition) is 13. The molecular formula is C77H147NO13. The summed E-state index contributed by atoms with van der Waals surface area (Å²) >= 11 is 0. The summed E-state index contributed by atoms with van der Waals surface area (Å²) < 4.78 is 22.9. The van der Waals surface area contributed by atoms with Gasteiger partial charge in [-0.15, -0.1) is 0 Å². The number of ether oxygens (including phenoxy) is 4. The second-order valence-corrected chi connectivity index (χ2v) is 27.8. The normalized spacial score (nSPS) is 22.8. The van der Waals surface area contributed by atoms with E-state index < -0.39 is 86.8 Å². The van der Waals surface area contributed by atoms with Crippen LogP contribution in [-0.4, -0.2) is 140 Å². The molecule has 1 amide bonds. The van der Waals surface area contributed by atoms with Gasteiger partial charge >= 0.3 is 0 Å². The first-order valence-corrected chi connectivity index (χ1v) is 39.1. The van der Waals surface area contributed by atoms with Crippen molar-refractivity contribution in [3.8, 4) is 0 Å². The highest BCUT2D eigenvalue weighted by Crippen LogP contribution is 2.30. The fraction of sp³-hybridized carbons (Fsp3) is 0.935. The summed E-state index contributed by atoms with van der Waals surface area (Å²) in [6, 6.07) is -0.930. The van der Waals surface area contributed by atoms with E-state index in [1.165, 1.54) is 302 Å². The van der Waals surface area contributed by atoms with Gasteiger partial charge < -0.3 is 65.1 Å². The first kappa shape index (κ1) is 85.6. The predicted octanol–water partition coefficient (Wildman–Crippen LogP) is 17.1. The Morgan fingerprint density at radius 2 is 0.703 bits per heavy atom. The number of aliphatic hydroxyl groups is 8. The van der Waals surface area contributed by atoms with E-state index in [1.54, 1.807) is 6.08 Å². The number of allylic oxidation sites excluding steroid dienone is 3. The highest BCUT2D eigenvalue weighted by atomic mass is 16.7. The largest absolute Gasteiger partial charge is 0.394 e. The third-order valence-electron chi connectivity index (χ3n) is 19.4. The summed E-state index contributed by atoms with van der Waals surface area (Å²) in [7, 11) is 0. The van der Waals surface area contributed by atoms with Gasteiger partial charge in [-0.1, -0.05) is 353 Å². The van der Waals surface area contributed by atoms with E-state index in [2.05, 4.69) is 31.3 Å². The molecular weight excluding hydrogens is 1150 g/mol.